The smallest absolute Gasteiger partial charge is 0.168 e. The Morgan fingerprint density at radius 1 is 1.14 bits per heavy atom. The van der Waals surface area contributed by atoms with Gasteiger partial charge in [0.2, 0.25) is 0 Å². The van der Waals surface area contributed by atoms with Gasteiger partial charge in [0.05, 0.1) is 0 Å². The first kappa shape index (κ1) is 17.3. The quantitative estimate of drug-likeness (QED) is 0.378. The van der Waals surface area contributed by atoms with Gasteiger partial charge in [-0.25, -0.2) is 0 Å². The van der Waals surface area contributed by atoms with E-state index in [9.17, 15) is 31.2 Å². The minimum Gasteiger partial charge on any atom is -0.168 e. The van der Waals surface area contributed by atoms with Crippen LogP contribution in [0.2, 0.25) is 0 Å². The van der Waals surface area contributed by atoms with Crippen molar-refractivity contribution in [2.75, 3.05) is 0 Å². The van der Waals surface area contributed by atoms with E-state index >= 15 is 0 Å². The first-order valence-electron chi connectivity index (χ1n) is 7.11. The number of nitroso groups, excluding NO2 is 1. The second-order valence-corrected chi connectivity index (χ2v) is 6.68. The van der Waals surface area contributed by atoms with E-state index in [1.54, 1.807) is 0 Å². The maximum Gasteiger partial charge on any atom is 0.426 e. The fourth-order valence-electron chi connectivity index (χ4n) is 3.79. The van der Waals surface area contributed by atoms with Crippen LogP contribution >= 0.6 is 0 Å². The van der Waals surface area contributed by atoms with E-state index in [1.165, 1.54) is 5.18 Å². The third kappa shape index (κ3) is 2.76. The van der Waals surface area contributed by atoms with Crippen LogP contribution in [0.4, 0.5) is 26.3 Å². The molecule has 2 nitrogen and oxygen atoms in total. The molecule has 0 aromatic heterocycles. The van der Waals surface area contributed by atoms with E-state index in [2.05, 4.69) is 6.08 Å². The topological polar surface area (TPSA) is 29.4 Å². The number of fused-ring (bicyclic) bond motifs is 2. The van der Waals surface area contributed by atoms with Crippen molar-refractivity contribution in [3.8, 4) is 0 Å². The average molecular weight is 329 g/mol. The Labute approximate surface area is 123 Å². The molecule has 3 atom stereocenters. The maximum atomic E-state index is 12.8. The molecular formula is C14H17F6NO. The average Bonchev–Trinajstić information content (AvgIpc) is 2.86. The zero-order chi connectivity index (χ0) is 16.8. The molecule has 0 saturated heterocycles. The van der Waals surface area contributed by atoms with Crippen LogP contribution in [0, 0.1) is 22.2 Å². The van der Waals surface area contributed by atoms with Crippen molar-refractivity contribution in [1.29, 1.82) is 0 Å². The van der Waals surface area contributed by atoms with Gasteiger partial charge < -0.3 is 0 Å². The number of alkyl halides is 6. The summed E-state index contributed by atoms with van der Waals surface area (Å²) in [4.78, 5) is 10.4. The first-order valence-corrected chi connectivity index (χ1v) is 7.11. The third-order valence-electron chi connectivity index (χ3n) is 4.99. The molecule has 0 aliphatic heterocycles. The highest BCUT2D eigenvalue weighted by Crippen LogP contribution is 2.54. The van der Waals surface area contributed by atoms with Crippen molar-refractivity contribution < 1.29 is 26.3 Å². The minimum absolute atomic E-state index is 0.0172. The van der Waals surface area contributed by atoms with Crippen molar-refractivity contribution in [2.45, 2.75) is 56.9 Å². The minimum atomic E-state index is -5.73. The Hall–Kier alpha value is -1.08. The molecule has 1 saturated carbocycles. The van der Waals surface area contributed by atoms with Gasteiger partial charge >= 0.3 is 12.4 Å². The van der Waals surface area contributed by atoms with Crippen molar-refractivity contribution in [3.05, 3.63) is 17.1 Å². The number of rotatable bonds is 5. The molecule has 2 bridgehead atoms. The highest BCUT2D eigenvalue weighted by molar-refractivity contribution is 5.16. The summed E-state index contributed by atoms with van der Waals surface area (Å²) in [6.07, 6.45) is -7.15. The van der Waals surface area contributed by atoms with Gasteiger partial charge in [0.15, 0.2) is 0 Å². The van der Waals surface area contributed by atoms with Gasteiger partial charge in [0, 0.05) is 0 Å². The standard InChI is InChI=1S/C14H17F6NO/c1-11-6-4-10(8-11)9(7-11)3-2-5-12(21-22,13(15,16)17)14(18,19)20/h4,6,9-10H,2-3,5,7-8H2,1H3/t9?,10?,11-/m0/s1. The molecule has 8 heteroatoms. The van der Waals surface area contributed by atoms with Crippen LogP contribution < -0.4 is 0 Å². The number of hydrogen-bond acceptors (Lipinski definition) is 2. The SMILES string of the molecule is C[C@@]12C=CC(C1)C(CCCC(N=O)(C(F)(F)F)C(F)(F)F)C2. The molecule has 0 amide bonds. The summed E-state index contributed by atoms with van der Waals surface area (Å²) in [7, 11) is 0. The summed E-state index contributed by atoms with van der Waals surface area (Å²) < 4.78 is 76.5. The summed E-state index contributed by atoms with van der Waals surface area (Å²) >= 11 is 0. The van der Waals surface area contributed by atoms with Crippen LogP contribution in [-0.4, -0.2) is 17.9 Å². The summed E-state index contributed by atoms with van der Waals surface area (Å²) in [5.74, 6) is 0.307. The van der Waals surface area contributed by atoms with E-state index in [0.717, 1.165) is 12.8 Å². The molecule has 0 radical (unpaired) electrons. The van der Waals surface area contributed by atoms with E-state index in [-0.39, 0.29) is 30.1 Å². The van der Waals surface area contributed by atoms with Crippen molar-refractivity contribution in [3.63, 3.8) is 0 Å². The summed E-state index contributed by atoms with van der Waals surface area (Å²) in [6, 6.07) is 0. The lowest BCUT2D eigenvalue weighted by Crippen LogP contribution is -2.55. The van der Waals surface area contributed by atoms with Gasteiger partial charge in [-0.05, 0) is 54.5 Å². The van der Waals surface area contributed by atoms with Crippen LogP contribution in [0.1, 0.15) is 39.0 Å². The van der Waals surface area contributed by atoms with E-state index < -0.39 is 24.3 Å². The van der Waals surface area contributed by atoms with Gasteiger partial charge in [-0.2, -0.15) is 26.3 Å². The Morgan fingerprint density at radius 3 is 2.09 bits per heavy atom. The Balaban J connectivity index is 2.02. The molecule has 22 heavy (non-hydrogen) atoms. The second-order valence-electron chi connectivity index (χ2n) is 6.68. The van der Waals surface area contributed by atoms with E-state index in [4.69, 9.17) is 0 Å². The molecule has 1 fully saturated rings. The Bertz CT molecular complexity index is 455. The highest BCUT2D eigenvalue weighted by atomic mass is 19.4. The van der Waals surface area contributed by atoms with Gasteiger partial charge in [-0.3, -0.25) is 0 Å². The number of halogens is 6. The zero-order valence-corrected chi connectivity index (χ0v) is 12.0. The predicted molar refractivity (Wildman–Crippen MR) is 67.9 cm³/mol. The predicted octanol–water partition coefficient (Wildman–Crippen LogP) is 5.39. The van der Waals surface area contributed by atoms with Crippen LogP contribution in [0.3, 0.4) is 0 Å². The van der Waals surface area contributed by atoms with Crippen LogP contribution in [0.5, 0.6) is 0 Å². The second kappa shape index (κ2) is 5.23. The molecule has 0 N–H and O–H groups in total. The maximum absolute atomic E-state index is 12.8. The number of allylic oxidation sites excluding steroid dienone is 2. The Morgan fingerprint density at radius 2 is 1.73 bits per heavy atom. The van der Waals surface area contributed by atoms with Gasteiger partial charge in [-0.1, -0.05) is 19.1 Å². The van der Waals surface area contributed by atoms with E-state index in [0.29, 0.717) is 0 Å². The molecular weight excluding hydrogens is 312 g/mol. The fraction of sp³-hybridized carbons (Fsp3) is 0.857. The van der Waals surface area contributed by atoms with Gasteiger partial charge in [0.25, 0.3) is 5.54 Å². The molecule has 0 aromatic rings. The van der Waals surface area contributed by atoms with Crippen molar-refractivity contribution >= 4 is 0 Å². The Kier molecular flexibility index (Phi) is 4.11. The first-order chi connectivity index (χ1) is 9.94. The largest absolute Gasteiger partial charge is 0.426 e. The van der Waals surface area contributed by atoms with Crippen molar-refractivity contribution in [1.82, 2.24) is 0 Å². The molecule has 2 aliphatic carbocycles. The van der Waals surface area contributed by atoms with Gasteiger partial charge in [-0.15, -0.1) is 4.91 Å². The monoisotopic (exact) mass is 329 g/mol. The van der Waals surface area contributed by atoms with Gasteiger partial charge in [0.1, 0.15) is 0 Å². The molecule has 2 rings (SSSR count). The van der Waals surface area contributed by atoms with Crippen LogP contribution in [-0.2, 0) is 0 Å². The number of hydrogen-bond donors (Lipinski definition) is 0. The lowest BCUT2D eigenvalue weighted by atomic mass is 9.82. The molecule has 0 heterocycles. The molecule has 0 aromatic carbocycles. The zero-order valence-electron chi connectivity index (χ0n) is 12.0. The molecule has 2 unspecified atom stereocenters. The van der Waals surface area contributed by atoms with Crippen LogP contribution in [0.15, 0.2) is 17.3 Å². The third-order valence-corrected chi connectivity index (χ3v) is 4.99. The summed E-state index contributed by atoms with van der Waals surface area (Å²) in [6.45, 7) is 2.03. The highest BCUT2D eigenvalue weighted by Gasteiger charge is 2.72. The lowest BCUT2D eigenvalue weighted by molar-refractivity contribution is -0.297. The summed E-state index contributed by atoms with van der Waals surface area (Å²) in [5.41, 5.74) is -4.47. The molecule has 0 spiro atoms. The molecule has 126 valence electrons. The normalized spacial score (nSPS) is 31.8. The van der Waals surface area contributed by atoms with E-state index in [1.807, 2.05) is 13.0 Å². The fourth-order valence-corrected chi connectivity index (χ4v) is 3.79. The van der Waals surface area contributed by atoms with Crippen LogP contribution in [0.25, 0.3) is 0 Å². The summed E-state index contributed by atoms with van der Waals surface area (Å²) in [5, 5.41) is 1.47. The molecule has 2 aliphatic rings. The number of nitrogens with zero attached hydrogens (tertiary/aromatic N) is 1. The van der Waals surface area contributed by atoms with Crippen molar-refractivity contribution in [2.24, 2.45) is 22.4 Å². The lowest BCUT2D eigenvalue weighted by Gasteiger charge is -2.31.